The molecule has 0 N–H and O–H groups in total. The first kappa shape index (κ1) is 10.7. The molecule has 0 aliphatic rings. The third kappa shape index (κ3) is 9.70. The molecular weight excluding hydrogens is 232 g/mol. The summed E-state index contributed by atoms with van der Waals surface area (Å²) in [6.07, 6.45) is 0.110. The molecule has 0 aliphatic heterocycles. The Balaban J connectivity index is 4.54. The number of halogens is 5. The molecule has 0 bridgehead atoms. The third-order valence-corrected chi connectivity index (χ3v) is 1.71. The fourth-order valence-corrected chi connectivity index (χ4v) is 1.07. The number of unbranched alkanes of at least 4 members (excludes halogenated alkanes) is 1. The van der Waals surface area contributed by atoms with E-state index in [1.165, 1.54) is 9.83 Å². The second-order valence-corrected chi connectivity index (χ2v) is 6.71. The van der Waals surface area contributed by atoms with Gasteiger partial charge in [-0.2, -0.15) is 0 Å². The molecule has 0 aromatic rings. The fourth-order valence-electron chi connectivity index (χ4n) is 0.295. The van der Waals surface area contributed by atoms with Crippen LogP contribution in [0.2, 0.25) is 0 Å². The SMILES string of the molecule is CCCC#[N+][As-](F)(F)(F)(F)F. The van der Waals surface area contributed by atoms with Crippen LogP contribution in [0.4, 0.5) is 17.3 Å². The standard InChI is InChI=1S/C4H7AsF5N/c1-2-3-4-11-5(6,7,8,9)10/h2-3H2,1H3. The quantitative estimate of drug-likeness (QED) is 0.488. The normalized spacial score (nSPS) is 17.6. The average molecular weight is 239 g/mol. The van der Waals surface area contributed by atoms with Gasteiger partial charge in [0.05, 0.1) is 0 Å². The van der Waals surface area contributed by atoms with Crippen LogP contribution in [0.3, 0.4) is 0 Å². The van der Waals surface area contributed by atoms with Gasteiger partial charge in [-0.05, 0) is 0 Å². The van der Waals surface area contributed by atoms with E-state index in [4.69, 9.17) is 0 Å². The van der Waals surface area contributed by atoms with E-state index in [1.807, 2.05) is 0 Å². The van der Waals surface area contributed by atoms with Crippen LogP contribution in [0.5, 0.6) is 0 Å². The van der Waals surface area contributed by atoms with E-state index in [-0.39, 0.29) is 6.42 Å². The average Bonchev–Trinajstić information content (AvgIpc) is 1.59. The van der Waals surface area contributed by atoms with Gasteiger partial charge in [0.1, 0.15) is 0 Å². The maximum absolute atomic E-state index is 11.4. The Morgan fingerprint density at radius 3 is 1.91 bits per heavy atom. The van der Waals surface area contributed by atoms with Gasteiger partial charge in [-0.3, -0.25) is 0 Å². The van der Waals surface area contributed by atoms with Crippen molar-refractivity contribution >= 4 is 13.9 Å². The number of hydrogen-bond acceptors (Lipinski definition) is 0. The second kappa shape index (κ2) is 2.10. The summed E-state index contributed by atoms with van der Waals surface area (Å²) in [5.74, 6) is 0. The number of rotatable bonds is 1. The molecule has 0 fully saturated rings. The van der Waals surface area contributed by atoms with Crippen LogP contribution in [0, 0.1) is 6.07 Å². The van der Waals surface area contributed by atoms with Crippen molar-refractivity contribution < 1.29 is 17.3 Å². The van der Waals surface area contributed by atoms with Gasteiger partial charge in [-0.1, -0.05) is 0 Å². The van der Waals surface area contributed by atoms with Crippen LogP contribution in [-0.4, -0.2) is 13.9 Å². The molecule has 11 heavy (non-hydrogen) atoms. The van der Waals surface area contributed by atoms with E-state index in [0.717, 1.165) is 0 Å². The van der Waals surface area contributed by atoms with Gasteiger partial charge < -0.3 is 0 Å². The van der Waals surface area contributed by atoms with Gasteiger partial charge in [0, 0.05) is 0 Å². The Bertz CT molecular complexity index is 204. The van der Waals surface area contributed by atoms with Gasteiger partial charge in [-0.15, -0.1) is 0 Å². The Kier molecular flexibility index (Phi) is 2.04. The molecule has 68 valence electrons. The zero-order valence-corrected chi connectivity index (χ0v) is 7.58. The zero-order valence-electron chi connectivity index (χ0n) is 5.70. The van der Waals surface area contributed by atoms with Crippen LogP contribution >= 0.6 is 0 Å². The van der Waals surface area contributed by atoms with E-state index < -0.39 is 13.9 Å². The number of nitrogens with zero attached hydrogens (tertiary/aromatic N) is 1. The Morgan fingerprint density at radius 1 is 1.18 bits per heavy atom. The molecule has 0 rings (SSSR count). The molecule has 0 spiro atoms. The van der Waals surface area contributed by atoms with Crippen molar-refractivity contribution in [1.82, 2.24) is 0 Å². The summed E-state index contributed by atoms with van der Waals surface area (Å²) < 4.78 is 58.1. The van der Waals surface area contributed by atoms with Crippen molar-refractivity contribution in [1.29, 1.82) is 0 Å². The predicted octanol–water partition coefficient (Wildman–Crippen LogP) is 3.30. The summed E-state index contributed by atoms with van der Waals surface area (Å²) in [4.78, 5) is 0. The molecule has 0 heterocycles. The minimum absolute atomic E-state index is 0.202. The Hall–Kier alpha value is -0.302. The maximum atomic E-state index is 11.4. The van der Waals surface area contributed by atoms with Gasteiger partial charge in [0.15, 0.2) is 0 Å². The topological polar surface area (TPSA) is 4.36 Å². The van der Waals surface area contributed by atoms with E-state index in [9.17, 15) is 17.3 Å². The first-order valence-corrected chi connectivity index (χ1v) is 7.22. The van der Waals surface area contributed by atoms with E-state index in [2.05, 4.69) is 0 Å². The predicted molar refractivity (Wildman–Crippen MR) is 33.4 cm³/mol. The molecule has 0 saturated carbocycles. The van der Waals surface area contributed by atoms with Crippen LogP contribution in [0.1, 0.15) is 19.8 Å². The second-order valence-electron chi connectivity index (χ2n) is 2.02. The van der Waals surface area contributed by atoms with Crippen LogP contribution < -0.4 is 0 Å². The zero-order chi connectivity index (χ0) is 9.24. The van der Waals surface area contributed by atoms with E-state index in [1.54, 1.807) is 6.92 Å². The number of hydrogen-bond donors (Lipinski definition) is 0. The molecule has 0 saturated heterocycles. The minimum atomic E-state index is -10.2. The molecule has 0 atom stereocenters. The van der Waals surface area contributed by atoms with Crippen LogP contribution in [-0.2, 0) is 0 Å². The molecule has 0 aromatic heterocycles. The van der Waals surface area contributed by atoms with E-state index >= 15 is 0 Å². The Labute approximate surface area is 61.6 Å². The molecule has 0 unspecified atom stereocenters. The molecular formula is C4H7AsF5N. The van der Waals surface area contributed by atoms with Gasteiger partial charge in [-0.25, -0.2) is 0 Å². The van der Waals surface area contributed by atoms with Crippen LogP contribution in [0.15, 0.2) is 0 Å². The first-order valence-electron chi connectivity index (χ1n) is 2.83. The fraction of sp³-hybridized carbons (Fsp3) is 0.750. The van der Waals surface area contributed by atoms with Crippen molar-refractivity contribution in [2.24, 2.45) is 0 Å². The van der Waals surface area contributed by atoms with Crippen molar-refractivity contribution in [3.63, 3.8) is 0 Å². The van der Waals surface area contributed by atoms with Gasteiger partial charge >= 0.3 is 60.9 Å². The van der Waals surface area contributed by atoms with E-state index in [0.29, 0.717) is 6.42 Å². The van der Waals surface area contributed by atoms with Gasteiger partial charge in [0.2, 0.25) is 0 Å². The monoisotopic (exact) mass is 239 g/mol. The summed E-state index contributed by atoms with van der Waals surface area (Å²) in [6.45, 7) is 1.54. The van der Waals surface area contributed by atoms with Crippen molar-refractivity contribution in [2.45, 2.75) is 19.8 Å². The van der Waals surface area contributed by atoms with Crippen molar-refractivity contribution in [2.75, 3.05) is 0 Å². The summed E-state index contributed by atoms with van der Waals surface area (Å²) in [6, 6.07) is 1.28. The van der Waals surface area contributed by atoms with Gasteiger partial charge in [0.25, 0.3) is 0 Å². The summed E-state index contributed by atoms with van der Waals surface area (Å²) in [7, 11) is 0. The van der Waals surface area contributed by atoms with Crippen molar-refractivity contribution in [3.8, 4) is 6.07 Å². The molecule has 7 heteroatoms. The third-order valence-electron chi connectivity index (χ3n) is 0.621. The first-order chi connectivity index (χ1) is 4.54. The molecule has 0 aromatic carbocycles. The molecule has 0 amide bonds. The molecule has 0 aliphatic carbocycles. The summed E-state index contributed by atoms with van der Waals surface area (Å²) in [5.41, 5.74) is 0. The summed E-state index contributed by atoms with van der Waals surface area (Å²) >= 11 is -10.2. The molecule has 1 nitrogen and oxygen atoms in total. The molecule has 0 radical (unpaired) electrons. The summed E-state index contributed by atoms with van der Waals surface area (Å²) in [5, 5.41) is 0. The Morgan fingerprint density at radius 2 is 1.64 bits per heavy atom. The van der Waals surface area contributed by atoms with Crippen molar-refractivity contribution in [3.05, 3.63) is 3.76 Å². The van der Waals surface area contributed by atoms with Crippen LogP contribution in [0.25, 0.3) is 3.76 Å².